The lowest BCUT2D eigenvalue weighted by atomic mass is 9.95. The minimum absolute atomic E-state index is 0.133. The molecule has 1 aromatic rings. The molecule has 92 heavy (non-hydrogen) atoms. The maximum atomic E-state index is 13.3. The maximum absolute atomic E-state index is 13.3. The Morgan fingerprint density at radius 2 is 0.565 bits per heavy atom. The monoisotopic (exact) mass is 1340 g/mol. The number of nitrogens with one attached hydrogen (secondary N) is 2. The van der Waals surface area contributed by atoms with Gasteiger partial charge in [0, 0.05) is 13.0 Å². The van der Waals surface area contributed by atoms with E-state index < -0.39 is 286 Å². The van der Waals surface area contributed by atoms with E-state index in [1.807, 2.05) is 0 Å². The van der Waals surface area contributed by atoms with Gasteiger partial charge in [0.15, 0.2) is 44.0 Å². The molecule has 0 saturated carbocycles. The first-order chi connectivity index (χ1) is 43.9. The van der Waals surface area contributed by atoms with Gasteiger partial charge in [0.2, 0.25) is 5.91 Å². The number of aliphatic hydroxyl groups excluding tert-OH is 20. The summed E-state index contributed by atoms with van der Waals surface area (Å²) in [5, 5.41) is 239. The number of carbonyl (C=O) groups is 2. The zero-order valence-corrected chi connectivity index (χ0v) is 48.5. The molecule has 21 aliphatic heterocycles. The summed E-state index contributed by atoms with van der Waals surface area (Å²) in [7, 11) is 0. The third-order valence-electron chi connectivity index (χ3n) is 17.2. The minimum Gasteiger partial charge on any atom is -0.480 e. The summed E-state index contributed by atoms with van der Waals surface area (Å²) in [6, 6.07) is 6.84. The highest BCUT2D eigenvalue weighted by atomic mass is 16.8. The molecule has 39 nitrogen and oxygen atoms in total. The van der Waals surface area contributed by atoms with Crippen molar-refractivity contribution in [2.24, 2.45) is 0 Å². The molecule has 21 heterocycles. The van der Waals surface area contributed by atoms with E-state index in [0.29, 0.717) is 5.56 Å². The molecule has 1 amide bonds. The van der Waals surface area contributed by atoms with Crippen LogP contribution in [0.5, 0.6) is 0 Å². The predicted octanol–water partition coefficient (Wildman–Crippen LogP) is -14.8. The lowest BCUT2D eigenvalue weighted by molar-refractivity contribution is -0.396. The summed E-state index contributed by atoms with van der Waals surface area (Å²) in [6.07, 6.45) is -72.3. The smallest absolute Gasteiger partial charge is 0.326 e. The Labute approximate surface area is 520 Å². The largest absolute Gasteiger partial charge is 0.480 e. The maximum Gasteiger partial charge on any atom is 0.326 e. The number of carboxylic acid groups (broad SMARTS) is 1. The zero-order chi connectivity index (χ0) is 66.7. The Bertz CT molecular complexity index is 2460. The van der Waals surface area contributed by atoms with E-state index >= 15 is 0 Å². The van der Waals surface area contributed by atoms with Gasteiger partial charge in [-0.2, -0.15) is 0 Å². The summed E-state index contributed by atoms with van der Waals surface area (Å²) >= 11 is 0. The molecule has 14 bridgehead atoms. The van der Waals surface area contributed by atoms with Crippen molar-refractivity contribution in [1.29, 1.82) is 0 Å². The highest BCUT2D eigenvalue weighted by molar-refractivity contribution is 5.84. The van der Waals surface area contributed by atoms with Crippen LogP contribution in [0.1, 0.15) is 5.56 Å². The summed E-state index contributed by atoms with van der Waals surface area (Å²) in [5.74, 6) is -2.28. The van der Waals surface area contributed by atoms with Crippen molar-refractivity contribution in [1.82, 2.24) is 10.6 Å². The molecule has 0 unspecified atom stereocenters. The molecule has 526 valence electrons. The Balaban J connectivity index is 1.000. The van der Waals surface area contributed by atoms with Crippen molar-refractivity contribution in [2.45, 2.75) is 227 Å². The van der Waals surface area contributed by atoms with E-state index in [2.05, 4.69) is 10.6 Å². The zero-order valence-electron chi connectivity index (χ0n) is 48.5. The van der Waals surface area contributed by atoms with Gasteiger partial charge in [-0.15, -0.1) is 0 Å². The van der Waals surface area contributed by atoms with Gasteiger partial charge in [0.05, 0.1) is 46.2 Å². The van der Waals surface area contributed by atoms with E-state index in [4.69, 9.17) is 66.3 Å². The summed E-state index contributed by atoms with van der Waals surface area (Å²) in [4.78, 5) is 25.4. The van der Waals surface area contributed by atoms with Crippen LogP contribution < -0.4 is 10.6 Å². The predicted molar refractivity (Wildman–Crippen MR) is 284 cm³/mol. The van der Waals surface area contributed by atoms with Gasteiger partial charge in [-0.05, 0) is 5.56 Å². The molecule has 0 aromatic heterocycles. The Kier molecular flexibility index (Phi) is 25.4. The molecule has 36 atom stereocenters. The second-order valence-corrected chi connectivity index (χ2v) is 23.2. The lowest BCUT2D eigenvalue weighted by Gasteiger charge is -2.50. The number of carbonyl (C=O) groups excluding carboxylic acids is 1. The van der Waals surface area contributed by atoms with Gasteiger partial charge >= 0.3 is 5.97 Å². The first kappa shape index (κ1) is 73.0. The molecule has 0 spiro atoms. The first-order valence-electron chi connectivity index (χ1n) is 29.5. The number of aliphatic carboxylic acids is 1. The molecule has 21 saturated heterocycles. The molecule has 0 radical (unpaired) electrons. The number of ether oxygens (including phenoxy) is 14. The van der Waals surface area contributed by atoms with E-state index in [1.54, 1.807) is 30.3 Å². The molecular weight excluding hydrogens is 1260 g/mol. The van der Waals surface area contributed by atoms with Gasteiger partial charge < -0.3 is 184 Å². The van der Waals surface area contributed by atoms with Crippen molar-refractivity contribution < 1.29 is 183 Å². The van der Waals surface area contributed by atoms with Crippen LogP contribution in [0.2, 0.25) is 0 Å². The highest BCUT2D eigenvalue weighted by Gasteiger charge is 2.59. The van der Waals surface area contributed by atoms with Gasteiger partial charge in [0.25, 0.3) is 0 Å². The average molecular weight is 1340 g/mol. The number of aliphatic hydroxyl groups is 20. The first-order valence-corrected chi connectivity index (χ1v) is 29.5. The molecule has 21 aliphatic rings. The molecular formula is C53H82N2O37. The van der Waals surface area contributed by atoms with E-state index in [0.717, 1.165) is 0 Å². The Morgan fingerprint density at radius 1 is 0.337 bits per heavy atom. The fourth-order valence-electron chi connectivity index (χ4n) is 12.1. The van der Waals surface area contributed by atoms with Crippen LogP contribution >= 0.6 is 0 Å². The van der Waals surface area contributed by atoms with Crippen LogP contribution in [0.3, 0.4) is 0 Å². The molecule has 0 aliphatic carbocycles. The fraction of sp³-hybridized carbons (Fsp3) is 0.849. The van der Waals surface area contributed by atoms with E-state index in [1.165, 1.54) is 0 Å². The van der Waals surface area contributed by atoms with Crippen molar-refractivity contribution >= 4 is 11.9 Å². The SMILES string of the molecule is O=C(CNC[C@@H]1O[C@@H]2O[C@H]3[C@@H](O)[C@H](O)[C@@H](O[C@H]4[C@H](O)[C@H](O)[C@@H](O[C@H]5[C@H](O)[C@@H](O)[C@@H](O[C@H]6[C@H](O)[C@@H](O)[C@@H](O[C@H]7[C@H](O)[C@@H](O)[C@@H](O[C@H]8[C@H](O)[C@@H](O)[C@@H](O[C@H]1[C@H](O)[C@H]2O)O[C@H]8CO)O[C@H]7CO)O[C@H]6CO)O[C@@H]5CO)O[C@@H]4CO)O[C@@H]3CO)N[C@@H](Cc1ccccc1)C(=O)O. The summed E-state index contributed by atoms with van der Waals surface area (Å²) < 4.78 is 81.0. The van der Waals surface area contributed by atoms with Crippen LogP contribution in [0.15, 0.2) is 30.3 Å². The van der Waals surface area contributed by atoms with Gasteiger partial charge in [-0.3, -0.25) is 4.79 Å². The number of hydrogen-bond donors (Lipinski definition) is 23. The second kappa shape index (κ2) is 32.0. The van der Waals surface area contributed by atoms with Crippen LogP contribution in [0, 0.1) is 0 Å². The normalized spacial score (nSPS) is 48.5. The molecule has 23 N–H and O–H groups in total. The third kappa shape index (κ3) is 15.5. The molecule has 22 rings (SSSR count). The Hall–Kier alpha value is -3.24. The number of benzene rings is 1. The lowest BCUT2D eigenvalue weighted by Crippen LogP contribution is -2.68. The van der Waals surface area contributed by atoms with Crippen LogP contribution in [0.4, 0.5) is 0 Å². The van der Waals surface area contributed by atoms with Crippen LogP contribution in [0.25, 0.3) is 0 Å². The van der Waals surface area contributed by atoms with Gasteiger partial charge in [-0.25, -0.2) is 4.79 Å². The van der Waals surface area contributed by atoms with E-state index in [9.17, 15) is 117 Å². The number of hydrogen-bond acceptors (Lipinski definition) is 37. The van der Waals surface area contributed by atoms with Crippen molar-refractivity contribution in [3.8, 4) is 0 Å². The third-order valence-corrected chi connectivity index (χ3v) is 17.2. The fourth-order valence-corrected chi connectivity index (χ4v) is 12.1. The van der Waals surface area contributed by atoms with E-state index in [-0.39, 0.29) is 6.42 Å². The summed E-state index contributed by atoms with van der Waals surface area (Å²) in [6.45, 7) is -7.82. The topological polar surface area (TPSA) is 612 Å². The Morgan fingerprint density at radius 3 is 0.793 bits per heavy atom. The molecule has 21 fully saturated rings. The number of carboxylic acids is 1. The second-order valence-electron chi connectivity index (χ2n) is 23.2. The summed E-state index contributed by atoms with van der Waals surface area (Å²) in [5.41, 5.74) is 0.561. The minimum atomic E-state index is -2.30. The van der Waals surface area contributed by atoms with Crippen molar-refractivity contribution in [3.05, 3.63) is 35.9 Å². The van der Waals surface area contributed by atoms with Gasteiger partial charge in [0.1, 0.15) is 177 Å². The molecule has 1 aromatic carbocycles. The molecule has 39 heteroatoms. The van der Waals surface area contributed by atoms with Crippen molar-refractivity contribution in [3.63, 3.8) is 0 Å². The van der Waals surface area contributed by atoms with Crippen LogP contribution in [-0.2, 0) is 82.3 Å². The highest BCUT2D eigenvalue weighted by Crippen LogP contribution is 2.39. The number of rotatable bonds is 14. The standard InChI is InChI=1S/C53H82N2O37/c56-9-18-40-27(65)34(72)49(81-18)89-42-20(11-58)83-51(36(74)29(42)67)91-44-22(13-60)85-53(38(76)31(44)69)92-45-23(14-61)84-52(37(75)30(45)68)90-43-21(12-59)82-50(35(73)28(43)66)88-41-19(10-57)80-48(33(71)26(41)64)86-39-17(79-47(87-40)32(70)25(39)63)7-54-8-24(62)55-16(46(77)78)6-15-4-2-1-3-5-15/h1-5,16-23,25-45,47-54,56-61,63-76H,6-14H2,(H,55,62)(H,77,78)/t16-,17-,18+,19-,20+,21-,22+,23-,25+,26+,27-,28+,29+,30+,31+,32+,33+,34-,35+,36-,37+,38+,39+,40+,41+,42+,43+,44+,45+,47+,48+,49+,50+,51+,52+,53+/m0/s1. The van der Waals surface area contributed by atoms with Crippen LogP contribution in [-0.4, -0.2) is 393 Å². The van der Waals surface area contributed by atoms with Crippen molar-refractivity contribution in [2.75, 3.05) is 52.7 Å². The number of amides is 1. The average Bonchev–Trinajstić information content (AvgIpc) is 0.797. The quantitative estimate of drug-likeness (QED) is 0.0822. The van der Waals surface area contributed by atoms with Gasteiger partial charge in [-0.1, -0.05) is 30.3 Å².